The smallest absolute Gasteiger partial charge is 0.144 e. The Labute approximate surface area is 330 Å². The predicted octanol–water partition coefficient (Wildman–Crippen LogP) is 13.0. The van der Waals surface area contributed by atoms with Gasteiger partial charge in [-0.1, -0.05) is 108 Å². The van der Waals surface area contributed by atoms with Crippen molar-refractivity contribution in [3.05, 3.63) is 157 Å². The van der Waals surface area contributed by atoms with E-state index < -0.39 is 0 Å². The van der Waals surface area contributed by atoms with E-state index in [9.17, 15) is 5.11 Å². The van der Waals surface area contributed by atoms with Gasteiger partial charge in [0.1, 0.15) is 11.6 Å². The zero-order valence-electron chi connectivity index (χ0n) is 33.5. The second-order valence-electron chi connectivity index (χ2n) is 17.0. The predicted molar refractivity (Wildman–Crippen MR) is 233 cm³/mol. The van der Waals surface area contributed by atoms with Gasteiger partial charge in [-0.05, 0) is 122 Å². The van der Waals surface area contributed by atoms with Gasteiger partial charge in [0.25, 0.3) is 0 Å². The molecule has 0 aliphatic heterocycles. The average molecular weight is 733 g/mol. The molecule has 0 spiro atoms. The molecule has 278 valence electrons. The number of hydrogen-bond acceptors (Lipinski definition) is 4. The van der Waals surface area contributed by atoms with Crippen molar-refractivity contribution in [3.63, 3.8) is 0 Å². The van der Waals surface area contributed by atoms with E-state index in [2.05, 4.69) is 162 Å². The zero-order valence-corrected chi connectivity index (χ0v) is 33.5. The summed E-state index contributed by atoms with van der Waals surface area (Å²) in [6, 6.07) is 42.8. The van der Waals surface area contributed by atoms with Crippen molar-refractivity contribution in [2.75, 3.05) is 0 Å². The van der Waals surface area contributed by atoms with Gasteiger partial charge in [-0.3, -0.25) is 9.97 Å². The van der Waals surface area contributed by atoms with E-state index in [1.165, 1.54) is 0 Å². The molecule has 0 fully saturated rings. The molecule has 0 atom stereocenters. The molecule has 1 N–H and O–H groups in total. The molecule has 8 rings (SSSR count). The molecule has 56 heavy (non-hydrogen) atoms. The molecule has 0 bridgehead atoms. The third-order valence-electron chi connectivity index (χ3n) is 10.9. The van der Waals surface area contributed by atoms with E-state index in [0.717, 1.165) is 94.9 Å². The van der Waals surface area contributed by atoms with Gasteiger partial charge in [-0.25, -0.2) is 4.98 Å². The number of aryl methyl sites for hydroxylation is 2. The molecular weight excluding hydrogens is 685 g/mol. The molecule has 0 saturated heterocycles. The Morgan fingerprint density at radius 3 is 1.82 bits per heavy atom. The lowest BCUT2D eigenvalue weighted by Crippen LogP contribution is -2.17. The number of aromatic hydroxyl groups is 1. The number of nitrogens with zero attached hydrogens (tertiary/aromatic N) is 4. The van der Waals surface area contributed by atoms with E-state index in [1.54, 1.807) is 0 Å². The summed E-state index contributed by atoms with van der Waals surface area (Å²) in [5, 5.41) is 12.0. The third kappa shape index (κ3) is 6.90. The standard InChI is InChI=1S/C51H48N4O/c1-32-31-53-45(30-41(32)35-17-13-10-14-18-35)39-24-36(33-15-11-9-12-16-33)23-38(25-39)42-26-37(34-19-21-52-22-20-34)27-46-47(42)54-49(55(46)8)43-28-40(50(2,3)4)29-44(48(43)56)51(5,6)7/h9-31,56H,1-8H3. The van der Waals surface area contributed by atoms with Crippen molar-refractivity contribution in [1.29, 1.82) is 0 Å². The van der Waals surface area contributed by atoms with Gasteiger partial charge in [0.05, 0.1) is 22.3 Å². The number of benzene rings is 5. The largest absolute Gasteiger partial charge is 0.507 e. The van der Waals surface area contributed by atoms with E-state index >= 15 is 0 Å². The van der Waals surface area contributed by atoms with Crippen molar-refractivity contribution in [2.24, 2.45) is 7.05 Å². The number of fused-ring (bicyclic) bond motifs is 1. The first-order chi connectivity index (χ1) is 26.8. The maximum Gasteiger partial charge on any atom is 0.144 e. The minimum Gasteiger partial charge on any atom is -0.507 e. The number of imidazole rings is 1. The fraction of sp³-hybridized carbons (Fsp3) is 0.196. The van der Waals surface area contributed by atoms with Crippen molar-refractivity contribution < 1.29 is 5.11 Å². The van der Waals surface area contributed by atoms with Crippen LogP contribution in [0.5, 0.6) is 5.75 Å². The van der Waals surface area contributed by atoms with Crippen LogP contribution >= 0.6 is 0 Å². The first-order valence-electron chi connectivity index (χ1n) is 19.3. The van der Waals surface area contributed by atoms with Gasteiger partial charge >= 0.3 is 0 Å². The summed E-state index contributed by atoms with van der Waals surface area (Å²) < 4.78 is 2.13. The molecule has 0 aliphatic carbocycles. The highest BCUT2D eigenvalue weighted by atomic mass is 16.3. The SMILES string of the molecule is Cc1cnc(-c2cc(-c3ccccc3)cc(-c3cc(-c4ccncc4)cc4c3nc(-c3cc(C(C)(C)C)cc(C(C)(C)C)c3O)n4C)c2)cc1-c1ccccc1. The fourth-order valence-electron chi connectivity index (χ4n) is 7.61. The Morgan fingerprint density at radius 2 is 1.16 bits per heavy atom. The van der Waals surface area contributed by atoms with E-state index in [-0.39, 0.29) is 16.6 Å². The Balaban J connectivity index is 1.42. The number of pyridine rings is 2. The topological polar surface area (TPSA) is 63.8 Å². The van der Waals surface area contributed by atoms with Crippen LogP contribution in [0.2, 0.25) is 0 Å². The van der Waals surface area contributed by atoms with Crippen LogP contribution in [0.15, 0.2) is 140 Å². The van der Waals surface area contributed by atoms with Crippen molar-refractivity contribution in [2.45, 2.75) is 59.3 Å². The summed E-state index contributed by atoms with van der Waals surface area (Å²) in [5.74, 6) is 0.988. The first-order valence-corrected chi connectivity index (χ1v) is 19.3. The van der Waals surface area contributed by atoms with Crippen LogP contribution in [-0.2, 0) is 17.9 Å². The molecule has 5 nitrogen and oxygen atoms in total. The molecule has 0 amide bonds. The summed E-state index contributed by atoms with van der Waals surface area (Å²) in [7, 11) is 2.05. The molecule has 5 heteroatoms. The zero-order chi connectivity index (χ0) is 39.4. The van der Waals surface area contributed by atoms with Crippen LogP contribution in [0.25, 0.3) is 78.2 Å². The maximum absolute atomic E-state index is 12.0. The van der Waals surface area contributed by atoms with Gasteiger partial charge in [0.15, 0.2) is 0 Å². The maximum atomic E-state index is 12.0. The molecule has 3 aromatic heterocycles. The highest BCUT2D eigenvalue weighted by Crippen LogP contribution is 2.45. The normalized spacial score (nSPS) is 12.0. The van der Waals surface area contributed by atoms with Gasteiger partial charge in [-0.15, -0.1) is 0 Å². The van der Waals surface area contributed by atoms with E-state index in [0.29, 0.717) is 0 Å². The van der Waals surface area contributed by atoms with Gasteiger partial charge < -0.3 is 9.67 Å². The number of aromatic nitrogens is 4. The Kier molecular flexibility index (Phi) is 9.20. The van der Waals surface area contributed by atoms with E-state index in [1.807, 2.05) is 42.9 Å². The Bertz CT molecular complexity index is 2720. The number of rotatable bonds is 6. The van der Waals surface area contributed by atoms with E-state index in [4.69, 9.17) is 9.97 Å². The summed E-state index contributed by atoms with van der Waals surface area (Å²) in [6.45, 7) is 15.2. The quantitative estimate of drug-likeness (QED) is 0.185. The van der Waals surface area contributed by atoms with Crippen LogP contribution in [0.4, 0.5) is 0 Å². The molecule has 0 saturated carbocycles. The molecule has 0 aliphatic rings. The monoisotopic (exact) mass is 732 g/mol. The van der Waals surface area contributed by atoms with Crippen LogP contribution in [0.3, 0.4) is 0 Å². The average Bonchev–Trinajstić information content (AvgIpc) is 3.53. The lowest BCUT2D eigenvalue weighted by atomic mass is 9.79. The molecule has 0 radical (unpaired) electrons. The van der Waals surface area contributed by atoms with Crippen LogP contribution in [-0.4, -0.2) is 24.6 Å². The number of phenols is 1. The minimum absolute atomic E-state index is 0.134. The minimum atomic E-state index is -0.275. The number of phenolic OH excluding ortho intramolecular Hbond substituents is 1. The molecule has 5 aromatic carbocycles. The van der Waals surface area contributed by atoms with Crippen LogP contribution < -0.4 is 0 Å². The Morgan fingerprint density at radius 1 is 0.554 bits per heavy atom. The van der Waals surface area contributed by atoms with Crippen molar-refractivity contribution in [3.8, 4) is 72.9 Å². The second kappa shape index (κ2) is 14.1. The van der Waals surface area contributed by atoms with Crippen LogP contribution in [0, 0.1) is 6.92 Å². The van der Waals surface area contributed by atoms with Crippen molar-refractivity contribution in [1.82, 2.24) is 19.5 Å². The summed E-state index contributed by atoms with van der Waals surface area (Å²) in [5.41, 5.74) is 15.9. The second-order valence-corrected chi connectivity index (χ2v) is 17.0. The molecular formula is C51H48N4O. The molecule has 3 heterocycles. The Hall–Kier alpha value is -6.33. The van der Waals surface area contributed by atoms with Crippen LogP contribution in [0.1, 0.15) is 58.2 Å². The van der Waals surface area contributed by atoms with Gasteiger partial charge in [0, 0.05) is 42.3 Å². The van der Waals surface area contributed by atoms with Crippen molar-refractivity contribution >= 4 is 11.0 Å². The highest BCUT2D eigenvalue weighted by molar-refractivity contribution is 6.00. The fourth-order valence-corrected chi connectivity index (χ4v) is 7.61. The lowest BCUT2D eigenvalue weighted by molar-refractivity contribution is 0.446. The van der Waals surface area contributed by atoms with Gasteiger partial charge in [-0.2, -0.15) is 0 Å². The summed E-state index contributed by atoms with van der Waals surface area (Å²) in [4.78, 5) is 14.8. The lowest BCUT2D eigenvalue weighted by Gasteiger charge is -2.27. The summed E-state index contributed by atoms with van der Waals surface area (Å²) >= 11 is 0. The highest BCUT2D eigenvalue weighted by Gasteiger charge is 2.28. The first kappa shape index (κ1) is 36.6. The summed E-state index contributed by atoms with van der Waals surface area (Å²) in [6.07, 6.45) is 5.64. The van der Waals surface area contributed by atoms with Gasteiger partial charge in [0.2, 0.25) is 0 Å². The third-order valence-corrected chi connectivity index (χ3v) is 10.9. The number of hydrogen-bond donors (Lipinski definition) is 1. The molecule has 0 unspecified atom stereocenters. The molecule has 8 aromatic rings.